The van der Waals surface area contributed by atoms with E-state index in [1.54, 1.807) is 0 Å². The van der Waals surface area contributed by atoms with Crippen LogP contribution >= 0.6 is 0 Å². The van der Waals surface area contributed by atoms with E-state index < -0.39 is 19.1 Å². The Hall–Kier alpha value is -0.710. The standard InChI is InChI=1S/C8H13F2NO2/c9-8(10,6-12)5-11-4-2-1-3-7(11)13/h12H,1-6H2. The Labute approximate surface area is 75.3 Å². The lowest BCUT2D eigenvalue weighted by Crippen LogP contribution is -2.44. The topological polar surface area (TPSA) is 40.5 Å². The van der Waals surface area contributed by atoms with Crippen LogP contribution in [-0.4, -0.2) is 41.5 Å². The highest BCUT2D eigenvalue weighted by atomic mass is 19.3. The average Bonchev–Trinajstić information content (AvgIpc) is 2.09. The summed E-state index contributed by atoms with van der Waals surface area (Å²) in [5.41, 5.74) is 0. The summed E-state index contributed by atoms with van der Waals surface area (Å²) in [6.07, 6.45) is 1.90. The van der Waals surface area contributed by atoms with E-state index in [2.05, 4.69) is 0 Å². The van der Waals surface area contributed by atoms with Crippen LogP contribution in [0.5, 0.6) is 0 Å². The van der Waals surface area contributed by atoms with Crippen LogP contribution in [-0.2, 0) is 4.79 Å². The van der Waals surface area contributed by atoms with Gasteiger partial charge in [0.2, 0.25) is 5.91 Å². The molecule has 0 aromatic rings. The van der Waals surface area contributed by atoms with Crippen LogP contribution in [0.3, 0.4) is 0 Å². The highest BCUT2D eigenvalue weighted by Crippen LogP contribution is 2.18. The minimum atomic E-state index is -3.16. The lowest BCUT2D eigenvalue weighted by atomic mass is 10.1. The van der Waals surface area contributed by atoms with Gasteiger partial charge >= 0.3 is 0 Å². The third-order valence-electron chi connectivity index (χ3n) is 2.07. The summed E-state index contributed by atoms with van der Waals surface area (Å²) >= 11 is 0. The number of carbonyl (C=O) groups excluding carboxylic acids is 1. The van der Waals surface area contributed by atoms with Gasteiger partial charge in [0, 0.05) is 13.0 Å². The van der Waals surface area contributed by atoms with E-state index in [9.17, 15) is 13.6 Å². The number of nitrogens with zero attached hydrogens (tertiary/aromatic N) is 1. The second kappa shape index (κ2) is 4.00. The van der Waals surface area contributed by atoms with Crippen LogP contribution in [0, 0.1) is 0 Å². The van der Waals surface area contributed by atoms with Crippen molar-refractivity contribution in [3.8, 4) is 0 Å². The monoisotopic (exact) mass is 193 g/mol. The molecule has 0 radical (unpaired) electrons. The zero-order valence-corrected chi connectivity index (χ0v) is 7.30. The molecule has 1 aliphatic heterocycles. The maximum Gasteiger partial charge on any atom is 0.287 e. The number of hydrogen-bond donors (Lipinski definition) is 1. The van der Waals surface area contributed by atoms with Crippen molar-refractivity contribution in [2.75, 3.05) is 19.7 Å². The number of aliphatic hydroxyl groups excluding tert-OH is 1. The summed E-state index contributed by atoms with van der Waals surface area (Å²) in [4.78, 5) is 12.2. The molecule has 1 aliphatic rings. The van der Waals surface area contributed by atoms with Gasteiger partial charge in [0.15, 0.2) is 0 Å². The lowest BCUT2D eigenvalue weighted by molar-refractivity contribution is -0.141. The maximum atomic E-state index is 12.7. The molecule has 1 amide bonds. The summed E-state index contributed by atoms with van der Waals surface area (Å²) in [6.45, 7) is -1.46. The fourth-order valence-electron chi connectivity index (χ4n) is 1.36. The molecule has 76 valence electrons. The SMILES string of the molecule is O=C1CCCCN1CC(F)(F)CO. The Morgan fingerprint density at radius 2 is 2.15 bits per heavy atom. The second-order valence-electron chi connectivity index (χ2n) is 3.29. The van der Waals surface area contributed by atoms with Crippen molar-refractivity contribution in [3.05, 3.63) is 0 Å². The van der Waals surface area contributed by atoms with E-state index in [4.69, 9.17) is 5.11 Å². The largest absolute Gasteiger partial charge is 0.390 e. The highest BCUT2D eigenvalue weighted by molar-refractivity contribution is 5.76. The number of likely N-dealkylation sites (tertiary alicyclic amines) is 1. The van der Waals surface area contributed by atoms with E-state index in [-0.39, 0.29) is 5.91 Å². The molecule has 0 aliphatic carbocycles. The second-order valence-corrected chi connectivity index (χ2v) is 3.29. The van der Waals surface area contributed by atoms with E-state index in [0.29, 0.717) is 13.0 Å². The minimum Gasteiger partial charge on any atom is -0.390 e. The molecule has 0 spiro atoms. The molecule has 3 nitrogen and oxygen atoms in total. The molecule has 0 aromatic carbocycles. The van der Waals surface area contributed by atoms with Gasteiger partial charge in [0.25, 0.3) is 5.92 Å². The quantitative estimate of drug-likeness (QED) is 0.714. The molecule has 1 rings (SSSR count). The van der Waals surface area contributed by atoms with E-state index >= 15 is 0 Å². The van der Waals surface area contributed by atoms with Crippen molar-refractivity contribution in [2.45, 2.75) is 25.2 Å². The maximum absolute atomic E-state index is 12.7. The number of aliphatic hydroxyl groups is 1. The Morgan fingerprint density at radius 3 is 2.69 bits per heavy atom. The number of hydrogen-bond acceptors (Lipinski definition) is 2. The molecular weight excluding hydrogens is 180 g/mol. The molecule has 0 bridgehead atoms. The molecule has 0 aromatic heterocycles. The third-order valence-corrected chi connectivity index (χ3v) is 2.07. The number of rotatable bonds is 3. The zero-order chi connectivity index (χ0) is 9.90. The smallest absolute Gasteiger partial charge is 0.287 e. The molecule has 1 fully saturated rings. The molecule has 0 atom stereocenters. The van der Waals surface area contributed by atoms with Crippen LogP contribution in [0.4, 0.5) is 8.78 Å². The predicted molar refractivity (Wildman–Crippen MR) is 42.5 cm³/mol. The summed E-state index contributed by atoms with van der Waals surface area (Å²) < 4.78 is 25.3. The van der Waals surface area contributed by atoms with Crippen LogP contribution in [0.15, 0.2) is 0 Å². The summed E-state index contributed by atoms with van der Waals surface area (Å²) in [5, 5.41) is 8.32. The van der Waals surface area contributed by atoms with Crippen molar-refractivity contribution in [2.24, 2.45) is 0 Å². The van der Waals surface area contributed by atoms with Gasteiger partial charge in [-0.3, -0.25) is 4.79 Å². The lowest BCUT2D eigenvalue weighted by Gasteiger charge is -2.29. The zero-order valence-electron chi connectivity index (χ0n) is 7.30. The van der Waals surface area contributed by atoms with Gasteiger partial charge in [-0.05, 0) is 12.8 Å². The first-order valence-corrected chi connectivity index (χ1v) is 4.32. The van der Waals surface area contributed by atoms with E-state index in [1.807, 2.05) is 0 Å². The predicted octanol–water partition coefficient (Wildman–Crippen LogP) is 0.627. The molecule has 5 heteroatoms. The van der Waals surface area contributed by atoms with Crippen LogP contribution in [0.1, 0.15) is 19.3 Å². The first-order valence-electron chi connectivity index (χ1n) is 4.32. The van der Waals surface area contributed by atoms with Gasteiger partial charge in [-0.15, -0.1) is 0 Å². The van der Waals surface area contributed by atoms with Gasteiger partial charge in [-0.2, -0.15) is 0 Å². The van der Waals surface area contributed by atoms with Crippen molar-refractivity contribution >= 4 is 5.91 Å². The first-order chi connectivity index (χ1) is 6.05. The van der Waals surface area contributed by atoms with E-state index in [0.717, 1.165) is 17.7 Å². The molecule has 1 N–H and O–H groups in total. The fourth-order valence-corrected chi connectivity index (χ4v) is 1.36. The molecule has 0 unspecified atom stereocenters. The van der Waals surface area contributed by atoms with E-state index in [1.165, 1.54) is 0 Å². The molecular formula is C8H13F2NO2. The van der Waals surface area contributed by atoms with Crippen LogP contribution in [0.25, 0.3) is 0 Å². The van der Waals surface area contributed by atoms with Crippen LogP contribution < -0.4 is 0 Å². The number of piperidine rings is 1. The van der Waals surface area contributed by atoms with Gasteiger partial charge in [-0.25, -0.2) is 8.78 Å². The summed E-state index contributed by atoms with van der Waals surface area (Å²) in [7, 11) is 0. The summed E-state index contributed by atoms with van der Waals surface area (Å²) in [5.74, 6) is -3.40. The molecule has 1 saturated heterocycles. The normalized spacial score (nSPS) is 19.3. The Balaban J connectivity index is 2.47. The highest BCUT2D eigenvalue weighted by Gasteiger charge is 2.33. The van der Waals surface area contributed by atoms with Crippen molar-refractivity contribution < 1.29 is 18.7 Å². The minimum absolute atomic E-state index is 0.237. The van der Waals surface area contributed by atoms with Gasteiger partial charge < -0.3 is 10.0 Å². The summed E-state index contributed by atoms with van der Waals surface area (Å²) in [6, 6.07) is 0. The number of carbonyl (C=O) groups is 1. The van der Waals surface area contributed by atoms with Crippen molar-refractivity contribution in [3.63, 3.8) is 0 Å². The molecule has 0 saturated carbocycles. The van der Waals surface area contributed by atoms with Gasteiger partial charge in [-0.1, -0.05) is 0 Å². The Morgan fingerprint density at radius 1 is 1.46 bits per heavy atom. The Kier molecular flexibility index (Phi) is 3.19. The molecule has 1 heterocycles. The van der Waals surface area contributed by atoms with Crippen LogP contribution in [0.2, 0.25) is 0 Å². The number of amides is 1. The third kappa shape index (κ3) is 2.91. The van der Waals surface area contributed by atoms with Crippen molar-refractivity contribution in [1.29, 1.82) is 0 Å². The number of halogens is 2. The fraction of sp³-hybridized carbons (Fsp3) is 0.875. The van der Waals surface area contributed by atoms with Gasteiger partial charge in [0.1, 0.15) is 6.61 Å². The Bertz CT molecular complexity index is 197. The van der Waals surface area contributed by atoms with Gasteiger partial charge in [0.05, 0.1) is 6.54 Å². The molecule has 13 heavy (non-hydrogen) atoms. The number of alkyl halides is 2. The first kappa shape index (κ1) is 10.4. The van der Waals surface area contributed by atoms with Crippen molar-refractivity contribution in [1.82, 2.24) is 4.90 Å². The average molecular weight is 193 g/mol.